The fraction of sp³-hybridized carbons (Fsp3) is 0.444. The smallest absolute Gasteiger partial charge is 0.110 e. The highest BCUT2D eigenvalue weighted by Gasteiger charge is 1.98. The fourth-order valence-corrected chi connectivity index (χ4v) is 2.17. The van der Waals surface area contributed by atoms with Crippen molar-refractivity contribution < 1.29 is 4.21 Å². The van der Waals surface area contributed by atoms with E-state index < -0.39 is 10.8 Å². The summed E-state index contributed by atoms with van der Waals surface area (Å²) in [7, 11) is -0.731. The van der Waals surface area contributed by atoms with Crippen molar-refractivity contribution >= 4 is 22.1 Å². The summed E-state index contributed by atoms with van der Waals surface area (Å²) in [6.07, 6.45) is 1.70. The molecule has 1 atom stereocenters. The largest absolute Gasteiger partial charge is 0.311 e. The van der Waals surface area contributed by atoms with Crippen molar-refractivity contribution in [3.05, 3.63) is 21.9 Å². The van der Waals surface area contributed by atoms with Crippen LogP contribution in [0.5, 0.6) is 0 Å². The number of hydrogen-bond acceptors (Lipinski definition) is 4. The van der Waals surface area contributed by atoms with E-state index in [-0.39, 0.29) is 0 Å². The van der Waals surface area contributed by atoms with Crippen LogP contribution in [0.15, 0.2) is 12.1 Å². The molecule has 1 N–H and O–H groups in total. The molecule has 0 saturated heterocycles. The van der Waals surface area contributed by atoms with Gasteiger partial charge < -0.3 is 5.32 Å². The fourth-order valence-electron chi connectivity index (χ4n) is 0.960. The molecule has 14 heavy (non-hydrogen) atoms. The molecule has 0 fully saturated rings. The summed E-state index contributed by atoms with van der Waals surface area (Å²) < 4.78 is 10.7. The van der Waals surface area contributed by atoms with Gasteiger partial charge in [-0.15, -0.1) is 11.3 Å². The monoisotopic (exact) mass is 228 g/mol. The quantitative estimate of drug-likeness (QED) is 0.767. The molecule has 0 bridgehead atoms. The Balaban J connectivity index is 2.25. The van der Waals surface area contributed by atoms with Gasteiger partial charge in [-0.05, 0) is 12.1 Å². The van der Waals surface area contributed by atoms with E-state index in [1.807, 2.05) is 12.1 Å². The van der Waals surface area contributed by atoms with Crippen molar-refractivity contribution in [1.82, 2.24) is 5.32 Å². The number of rotatable bonds is 5. The summed E-state index contributed by atoms with van der Waals surface area (Å²) in [6.45, 7) is 1.51. The molecule has 1 unspecified atom stereocenters. The van der Waals surface area contributed by atoms with E-state index in [9.17, 15) is 4.21 Å². The highest BCUT2D eigenvalue weighted by atomic mass is 32.2. The minimum Gasteiger partial charge on any atom is -0.311 e. The van der Waals surface area contributed by atoms with Gasteiger partial charge in [-0.2, -0.15) is 5.26 Å². The minimum atomic E-state index is -0.731. The zero-order valence-corrected chi connectivity index (χ0v) is 9.58. The van der Waals surface area contributed by atoms with Crippen molar-refractivity contribution in [1.29, 1.82) is 5.26 Å². The van der Waals surface area contributed by atoms with Gasteiger partial charge in [0, 0.05) is 40.8 Å². The Labute approximate surface area is 90.2 Å². The average molecular weight is 228 g/mol. The Hall–Kier alpha value is -0.700. The summed E-state index contributed by atoms with van der Waals surface area (Å²) >= 11 is 1.49. The van der Waals surface area contributed by atoms with Crippen LogP contribution in [0.25, 0.3) is 0 Å². The second-order valence-corrected chi connectivity index (χ2v) is 5.55. The van der Waals surface area contributed by atoms with Gasteiger partial charge in [0.25, 0.3) is 0 Å². The van der Waals surface area contributed by atoms with Crippen molar-refractivity contribution in [3.8, 4) is 6.07 Å². The Bertz CT molecular complexity index is 354. The Kier molecular flexibility index (Phi) is 4.80. The van der Waals surface area contributed by atoms with Gasteiger partial charge >= 0.3 is 0 Å². The van der Waals surface area contributed by atoms with E-state index in [1.54, 1.807) is 6.26 Å². The summed E-state index contributed by atoms with van der Waals surface area (Å²) in [5.74, 6) is 0.677. The van der Waals surface area contributed by atoms with E-state index in [4.69, 9.17) is 5.26 Å². The van der Waals surface area contributed by atoms with Crippen molar-refractivity contribution in [3.63, 3.8) is 0 Å². The number of nitriles is 1. The third kappa shape index (κ3) is 4.01. The first-order chi connectivity index (χ1) is 6.72. The predicted octanol–water partition coefficient (Wildman–Crippen LogP) is 1.09. The molecule has 1 aromatic heterocycles. The van der Waals surface area contributed by atoms with Gasteiger partial charge in [0.05, 0.1) is 0 Å². The van der Waals surface area contributed by atoms with Gasteiger partial charge in [-0.3, -0.25) is 4.21 Å². The van der Waals surface area contributed by atoms with Crippen LogP contribution < -0.4 is 5.32 Å². The number of hydrogen-bond donors (Lipinski definition) is 1. The summed E-state index contributed by atoms with van der Waals surface area (Å²) in [6, 6.07) is 5.86. The molecule has 1 heterocycles. The van der Waals surface area contributed by atoms with Crippen LogP contribution >= 0.6 is 11.3 Å². The Morgan fingerprint density at radius 2 is 2.43 bits per heavy atom. The third-order valence-corrected chi connectivity index (χ3v) is 3.41. The normalized spacial score (nSPS) is 12.3. The molecule has 0 spiro atoms. The molecule has 76 valence electrons. The van der Waals surface area contributed by atoms with Crippen LogP contribution in [0, 0.1) is 11.3 Å². The van der Waals surface area contributed by atoms with Crippen LogP contribution in [-0.4, -0.2) is 22.8 Å². The lowest BCUT2D eigenvalue weighted by Crippen LogP contribution is -2.18. The summed E-state index contributed by atoms with van der Waals surface area (Å²) in [5, 5.41) is 11.8. The lowest BCUT2D eigenvalue weighted by molar-refractivity contribution is 0.678. The van der Waals surface area contributed by atoms with Crippen LogP contribution in [0.3, 0.4) is 0 Å². The molecule has 3 nitrogen and oxygen atoms in total. The first-order valence-corrected chi connectivity index (χ1v) is 6.76. The first-order valence-electron chi connectivity index (χ1n) is 4.22. The Morgan fingerprint density at radius 3 is 3.00 bits per heavy atom. The number of thiophene rings is 1. The molecular weight excluding hydrogens is 216 g/mol. The minimum absolute atomic E-state index is 0.677. The molecule has 0 aliphatic heterocycles. The molecule has 0 saturated carbocycles. The van der Waals surface area contributed by atoms with E-state index >= 15 is 0 Å². The molecule has 0 aliphatic carbocycles. The van der Waals surface area contributed by atoms with Crippen LogP contribution in [0.2, 0.25) is 0 Å². The lowest BCUT2D eigenvalue weighted by atomic mass is 10.4. The zero-order valence-electron chi connectivity index (χ0n) is 7.95. The SMILES string of the molecule is CS(=O)CCNCc1ccc(C#N)s1. The topological polar surface area (TPSA) is 52.9 Å². The highest BCUT2D eigenvalue weighted by Crippen LogP contribution is 2.14. The maximum Gasteiger partial charge on any atom is 0.110 e. The second kappa shape index (κ2) is 5.91. The molecular formula is C9H12N2OS2. The van der Waals surface area contributed by atoms with Gasteiger partial charge in [0.1, 0.15) is 10.9 Å². The predicted molar refractivity (Wildman–Crippen MR) is 59.7 cm³/mol. The maximum atomic E-state index is 10.7. The maximum absolute atomic E-state index is 10.7. The van der Waals surface area contributed by atoms with Gasteiger partial charge in [-0.25, -0.2) is 0 Å². The summed E-state index contributed by atoms with van der Waals surface area (Å²) in [4.78, 5) is 1.88. The third-order valence-electron chi connectivity index (χ3n) is 1.64. The molecule has 5 heteroatoms. The van der Waals surface area contributed by atoms with E-state index in [0.717, 1.165) is 22.8 Å². The first kappa shape index (κ1) is 11.4. The molecule has 0 aromatic carbocycles. The van der Waals surface area contributed by atoms with Gasteiger partial charge in [0.15, 0.2) is 0 Å². The summed E-state index contributed by atoms with van der Waals surface area (Å²) in [5.41, 5.74) is 0. The highest BCUT2D eigenvalue weighted by molar-refractivity contribution is 7.84. The van der Waals surface area contributed by atoms with E-state index in [1.165, 1.54) is 11.3 Å². The van der Waals surface area contributed by atoms with Crippen molar-refractivity contribution in [2.45, 2.75) is 6.54 Å². The van der Waals surface area contributed by atoms with E-state index in [2.05, 4.69) is 11.4 Å². The second-order valence-electron chi connectivity index (χ2n) is 2.83. The molecule has 0 radical (unpaired) electrons. The van der Waals surface area contributed by atoms with Crippen LogP contribution in [0.4, 0.5) is 0 Å². The van der Waals surface area contributed by atoms with Crippen molar-refractivity contribution in [2.24, 2.45) is 0 Å². The zero-order chi connectivity index (χ0) is 10.4. The standard InChI is InChI=1S/C9H12N2OS2/c1-14(12)5-4-11-7-9-3-2-8(6-10)13-9/h2-3,11H,4-5,7H2,1H3. The number of nitrogens with one attached hydrogen (secondary N) is 1. The molecule has 0 amide bonds. The van der Waals surface area contributed by atoms with Gasteiger partial charge in [-0.1, -0.05) is 0 Å². The van der Waals surface area contributed by atoms with Crippen LogP contribution in [0.1, 0.15) is 9.75 Å². The van der Waals surface area contributed by atoms with E-state index in [0.29, 0.717) is 5.75 Å². The van der Waals surface area contributed by atoms with Crippen molar-refractivity contribution in [2.75, 3.05) is 18.6 Å². The molecule has 0 aliphatic rings. The number of nitrogens with zero attached hydrogens (tertiary/aromatic N) is 1. The van der Waals surface area contributed by atoms with Gasteiger partial charge in [0.2, 0.25) is 0 Å². The van der Waals surface area contributed by atoms with Crippen LogP contribution in [-0.2, 0) is 17.3 Å². The molecule has 1 rings (SSSR count). The molecule has 1 aromatic rings. The lowest BCUT2D eigenvalue weighted by Gasteiger charge is -1.99. The average Bonchev–Trinajstić information content (AvgIpc) is 2.60. The Morgan fingerprint density at radius 1 is 1.64 bits per heavy atom.